The van der Waals surface area contributed by atoms with Gasteiger partial charge in [-0.25, -0.2) is 0 Å². The molecule has 21 heavy (non-hydrogen) atoms. The Hall–Kier alpha value is -1.89. The van der Waals surface area contributed by atoms with E-state index < -0.39 is 11.9 Å². The first-order chi connectivity index (χ1) is 10.0. The van der Waals surface area contributed by atoms with Crippen LogP contribution in [0.1, 0.15) is 28.8 Å². The van der Waals surface area contributed by atoms with E-state index in [4.69, 9.17) is 4.74 Å². The van der Waals surface area contributed by atoms with Crippen LogP contribution in [-0.4, -0.2) is 35.8 Å². The predicted molar refractivity (Wildman–Crippen MR) is 76.7 cm³/mol. The number of rotatable bonds is 2. The maximum Gasteiger partial charge on any atom is 0.258 e. The van der Waals surface area contributed by atoms with Gasteiger partial charge in [0.25, 0.3) is 5.91 Å². The zero-order valence-corrected chi connectivity index (χ0v) is 12.9. The summed E-state index contributed by atoms with van der Waals surface area (Å²) in [5.41, 5.74) is 1.29. The third-order valence-corrected chi connectivity index (χ3v) is 4.57. The van der Waals surface area contributed by atoms with Crippen molar-refractivity contribution in [2.45, 2.75) is 25.4 Å². The standard InChI is InChI=1S/C14H13BrN2O4/c1-21-10-4-2-8(15)7-6-17(14(20)12(7)10)9-3-5-11(18)16-13(9)19/h2,4,9H,3,5-6H2,1H3,(H,16,18,19). The van der Waals surface area contributed by atoms with Crippen molar-refractivity contribution in [3.05, 3.63) is 27.7 Å². The van der Waals surface area contributed by atoms with Gasteiger partial charge in [-0.2, -0.15) is 0 Å². The van der Waals surface area contributed by atoms with Crippen molar-refractivity contribution in [2.24, 2.45) is 0 Å². The van der Waals surface area contributed by atoms with Gasteiger partial charge in [0.1, 0.15) is 11.8 Å². The summed E-state index contributed by atoms with van der Waals surface area (Å²) in [6.07, 6.45) is 0.596. The Morgan fingerprint density at radius 3 is 2.76 bits per heavy atom. The smallest absolute Gasteiger partial charge is 0.258 e. The molecule has 0 spiro atoms. The molecule has 110 valence electrons. The molecule has 6 nitrogen and oxygen atoms in total. The third-order valence-electron chi connectivity index (χ3n) is 3.83. The van der Waals surface area contributed by atoms with Crippen molar-refractivity contribution in [1.29, 1.82) is 0 Å². The molecular weight excluding hydrogens is 340 g/mol. The summed E-state index contributed by atoms with van der Waals surface area (Å²) in [5, 5.41) is 2.28. The summed E-state index contributed by atoms with van der Waals surface area (Å²) >= 11 is 3.43. The molecule has 1 fully saturated rings. The molecule has 1 saturated heterocycles. The highest BCUT2D eigenvalue weighted by atomic mass is 79.9. The van der Waals surface area contributed by atoms with E-state index in [2.05, 4.69) is 21.2 Å². The van der Waals surface area contributed by atoms with Crippen LogP contribution in [0, 0.1) is 0 Å². The van der Waals surface area contributed by atoms with Gasteiger partial charge in [0, 0.05) is 23.0 Å². The molecule has 3 rings (SSSR count). The van der Waals surface area contributed by atoms with Crippen molar-refractivity contribution in [2.75, 3.05) is 7.11 Å². The van der Waals surface area contributed by atoms with E-state index in [-0.39, 0.29) is 18.2 Å². The molecule has 2 aliphatic heterocycles. The highest BCUT2D eigenvalue weighted by molar-refractivity contribution is 9.10. The number of carbonyl (C=O) groups is 3. The number of amides is 3. The second-order valence-corrected chi connectivity index (χ2v) is 5.86. The number of piperidine rings is 1. The van der Waals surface area contributed by atoms with Crippen LogP contribution in [-0.2, 0) is 16.1 Å². The molecule has 0 saturated carbocycles. The maximum atomic E-state index is 12.6. The fourth-order valence-electron chi connectivity index (χ4n) is 2.78. The molecular formula is C14H13BrN2O4. The van der Waals surface area contributed by atoms with Crippen molar-refractivity contribution in [3.8, 4) is 5.75 Å². The van der Waals surface area contributed by atoms with Crippen molar-refractivity contribution < 1.29 is 19.1 Å². The zero-order valence-electron chi connectivity index (χ0n) is 11.3. The van der Waals surface area contributed by atoms with Gasteiger partial charge in [-0.15, -0.1) is 0 Å². The van der Waals surface area contributed by atoms with Crippen LogP contribution in [0.25, 0.3) is 0 Å². The number of hydrogen-bond donors (Lipinski definition) is 1. The van der Waals surface area contributed by atoms with Crippen LogP contribution < -0.4 is 10.1 Å². The van der Waals surface area contributed by atoms with Crippen molar-refractivity contribution in [3.63, 3.8) is 0 Å². The van der Waals surface area contributed by atoms with Gasteiger partial charge in [0.15, 0.2) is 0 Å². The number of hydrogen-bond acceptors (Lipinski definition) is 4. The number of nitrogens with one attached hydrogen (secondary N) is 1. The number of methoxy groups -OCH3 is 1. The minimum atomic E-state index is -0.612. The van der Waals surface area contributed by atoms with Crippen molar-refractivity contribution >= 4 is 33.7 Å². The van der Waals surface area contributed by atoms with E-state index >= 15 is 0 Å². The van der Waals surface area contributed by atoms with Gasteiger partial charge < -0.3 is 9.64 Å². The number of halogens is 1. The van der Waals surface area contributed by atoms with E-state index in [0.29, 0.717) is 24.3 Å². The van der Waals surface area contributed by atoms with E-state index in [1.165, 1.54) is 12.0 Å². The summed E-state index contributed by atoms with van der Waals surface area (Å²) in [6, 6.07) is 2.92. The quantitative estimate of drug-likeness (QED) is 0.812. The fourth-order valence-corrected chi connectivity index (χ4v) is 3.23. The van der Waals surface area contributed by atoms with Crippen LogP contribution in [0.3, 0.4) is 0 Å². The van der Waals surface area contributed by atoms with Gasteiger partial charge in [-0.3, -0.25) is 19.7 Å². The summed E-state index contributed by atoms with van der Waals surface area (Å²) in [4.78, 5) is 37.3. The number of imide groups is 1. The molecule has 0 bridgehead atoms. The molecule has 2 heterocycles. The zero-order chi connectivity index (χ0) is 15.1. The fraction of sp³-hybridized carbons (Fsp3) is 0.357. The van der Waals surface area contributed by atoms with Gasteiger partial charge in [-0.1, -0.05) is 15.9 Å². The first-order valence-electron chi connectivity index (χ1n) is 6.53. The van der Waals surface area contributed by atoms with Crippen molar-refractivity contribution in [1.82, 2.24) is 10.2 Å². The molecule has 1 atom stereocenters. The predicted octanol–water partition coefficient (Wildman–Crippen LogP) is 1.22. The molecule has 1 aromatic carbocycles. The highest BCUT2D eigenvalue weighted by Crippen LogP contribution is 2.37. The first kappa shape index (κ1) is 14.1. The van der Waals surface area contributed by atoms with Crippen LogP contribution in [0.15, 0.2) is 16.6 Å². The molecule has 7 heteroatoms. The van der Waals surface area contributed by atoms with Crippen LogP contribution in [0.5, 0.6) is 5.75 Å². The first-order valence-corrected chi connectivity index (χ1v) is 7.32. The Morgan fingerprint density at radius 2 is 2.10 bits per heavy atom. The minimum absolute atomic E-state index is 0.238. The number of carbonyl (C=O) groups excluding carboxylic acids is 3. The molecule has 0 aromatic heterocycles. The topological polar surface area (TPSA) is 75.7 Å². The van der Waals surface area contributed by atoms with Crippen LogP contribution in [0.4, 0.5) is 0 Å². The SMILES string of the molecule is COc1ccc(Br)c2c1C(=O)N(C1CCC(=O)NC1=O)C2. The third kappa shape index (κ3) is 2.21. The number of ether oxygens (including phenoxy) is 1. The summed E-state index contributed by atoms with van der Waals surface area (Å²) in [6.45, 7) is 0.332. The molecule has 0 aliphatic carbocycles. The Morgan fingerprint density at radius 1 is 1.33 bits per heavy atom. The summed E-state index contributed by atoms with van der Waals surface area (Å²) in [7, 11) is 1.51. The summed E-state index contributed by atoms with van der Waals surface area (Å²) in [5.74, 6) is -0.452. The molecule has 1 unspecified atom stereocenters. The molecule has 2 aliphatic rings. The van der Waals surface area contributed by atoms with E-state index in [9.17, 15) is 14.4 Å². The van der Waals surface area contributed by atoms with Crippen LogP contribution >= 0.6 is 15.9 Å². The largest absolute Gasteiger partial charge is 0.496 e. The van der Waals surface area contributed by atoms with E-state index in [0.717, 1.165) is 10.0 Å². The lowest BCUT2D eigenvalue weighted by molar-refractivity contribution is -0.136. The number of fused-ring (bicyclic) bond motifs is 1. The normalized spacial score (nSPS) is 21.3. The average molecular weight is 353 g/mol. The van der Waals surface area contributed by atoms with Gasteiger partial charge >= 0.3 is 0 Å². The number of benzene rings is 1. The molecule has 1 N–H and O–H groups in total. The van der Waals surface area contributed by atoms with Crippen LogP contribution in [0.2, 0.25) is 0 Å². The lowest BCUT2D eigenvalue weighted by Gasteiger charge is -2.29. The Balaban J connectivity index is 1.95. The Labute approximate surface area is 129 Å². The van der Waals surface area contributed by atoms with Gasteiger partial charge in [0.2, 0.25) is 11.8 Å². The van der Waals surface area contributed by atoms with Gasteiger partial charge in [0.05, 0.1) is 12.7 Å². The Bertz CT molecular complexity index is 659. The second-order valence-electron chi connectivity index (χ2n) is 5.00. The lowest BCUT2D eigenvalue weighted by atomic mass is 10.0. The molecule has 0 radical (unpaired) electrons. The Kier molecular flexibility index (Phi) is 3.44. The average Bonchev–Trinajstić information content (AvgIpc) is 2.79. The minimum Gasteiger partial charge on any atom is -0.496 e. The molecule has 3 amide bonds. The van der Waals surface area contributed by atoms with E-state index in [1.54, 1.807) is 6.07 Å². The molecule has 1 aromatic rings. The maximum absolute atomic E-state index is 12.6. The number of nitrogens with zero attached hydrogens (tertiary/aromatic N) is 1. The second kappa shape index (κ2) is 5.14. The lowest BCUT2D eigenvalue weighted by Crippen LogP contribution is -2.52. The highest BCUT2D eigenvalue weighted by Gasteiger charge is 2.41. The van der Waals surface area contributed by atoms with Gasteiger partial charge in [-0.05, 0) is 18.6 Å². The monoisotopic (exact) mass is 352 g/mol. The summed E-state index contributed by atoms with van der Waals surface area (Å²) < 4.78 is 6.05. The van der Waals surface area contributed by atoms with E-state index in [1.807, 2.05) is 6.07 Å².